The third kappa shape index (κ3) is 2.92. The van der Waals surface area contributed by atoms with Crippen LogP contribution in [0.25, 0.3) is 0 Å². The quantitative estimate of drug-likeness (QED) is 0.846. The van der Waals surface area contributed by atoms with Crippen molar-refractivity contribution < 1.29 is 4.79 Å². The lowest BCUT2D eigenvalue weighted by molar-refractivity contribution is -0.124. The Bertz CT molecular complexity index is 751. The fraction of sp³-hybridized carbons (Fsp3) is 0.455. The first-order chi connectivity index (χ1) is 12.6. The molecule has 1 spiro atoms. The molecule has 26 heavy (non-hydrogen) atoms. The average molecular weight is 349 g/mol. The number of hydrogen-bond acceptors (Lipinski definition) is 3. The molecule has 3 heterocycles. The van der Waals surface area contributed by atoms with Crippen molar-refractivity contribution in [1.29, 1.82) is 0 Å². The predicted molar refractivity (Wildman–Crippen MR) is 103 cm³/mol. The Morgan fingerprint density at radius 3 is 2.35 bits per heavy atom. The van der Waals surface area contributed by atoms with Gasteiger partial charge in [0.1, 0.15) is 0 Å². The van der Waals surface area contributed by atoms with Gasteiger partial charge in [0.15, 0.2) is 0 Å². The minimum Gasteiger partial charge on any atom is -0.339 e. The number of hydrogen-bond donors (Lipinski definition) is 0. The summed E-state index contributed by atoms with van der Waals surface area (Å²) >= 11 is 0. The molecule has 0 radical (unpaired) electrons. The summed E-state index contributed by atoms with van der Waals surface area (Å²) in [5, 5.41) is 0. The molecule has 1 unspecified atom stereocenters. The fourth-order valence-corrected chi connectivity index (χ4v) is 4.71. The molecule has 1 amide bonds. The first-order valence-corrected chi connectivity index (χ1v) is 9.61. The third-order valence-electron chi connectivity index (χ3n) is 6.16. The molecule has 2 aliphatic heterocycles. The molecular weight excluding hydrogens is 322 g/mol. The average Bonchev–Trinajstić information content (AvgIpc) is 2.67. The van der Waals surface area contributed by atoms with Gasteiger partial charge in [-0.2, -0.15) is 0 Å². The molecule has 4 nitrogen and oxygen atoms in total. The summed E-state index contributed by atoms with van der Waals surface area (Å²) in [6.07, 6.45) is 5.53. The number of aromatic nitrogens is 1. The van der Waals surface area contributed by atoms with E-state index in [4.69, 9.17) is 0 Å². The summed E-state index contributed by atoms with van der Waals surface area (Å²) in [5.41, 5.74) is 2.47. The Labute approximate surface area is 155 Å². The fourth-order valence-electron chi connectivity index (χ4n) is 4.71. The molecule has 0 N–H and O–H groups in total. The molecule has 1 aromatic heterocycles. The highest BCUT2D eigenvalue weighted by atomic mass is 16.2. The minimum absolute atomic E-state index is 0.138. The summed E-state index contributed by atoms with van der Waals surface area (Å²) in [6.45, 7) is 7.39. The van der Waals surface area contributed by atoms with Crippen LogP contribution in [0.4, 0.5) is 0 Å². The van der Waals surface area contributed by atoms with Crippen molar-refractivity contribution in [2.75, 3.05) is 19.6 Å². The monoisotopic (exact) mass is 349 g/mol. The van der Waals surface area contributed by atoms with Gasteiger partial charge in [0.05, 0.1) is 0 Å². The molecule has 2 saturated heterocycles. The maximum atomic E-state index is 12.7. The van der Waals surface area contributed by atoms with Crippen LogP contribution in [0.15, 0.2) is 54.9 Å². The first-order valence-electron chi connectivity index (χ1n) is 9.61. The van der Waals surface area contributed by atoms with E-state index in [2.05, 4.69) is 54.1 Å². The lowest BCUT2D eigenvalue weighted by Crippen LogP contribution is -2.64. The van der Waals surface area contributed by atoms with Crippen LogP contribution in [0.1, 0.15) is 48.7 Å². The van der Waals surface area contributed by atoms with Crippen LogP contribution in [0.5, 0.6) is 0 Å². The number of pyridine rings is 1. The summed E-state index contributed by atoms with van der Waals surface area (Å²) in [6, 6.07) is 15.5. The van der Waals surface area contributed by atoms with Crippen molar-refractivity contribution in [3.8, 4) is 0 Å². The van der Waals surface area contributed by atoms with Gasteiger partial charge in [0, 0.05) is 55.1 Å². The van der Waals surface area contributed by atoms with Crippen molar-refractivity contribution >= 4 is 5.91 Å². The molecular formula is C22H27N3O. The van der Waals surface area contributed by atoms with Crippen molar-refractivity contribution in [2.45, 2.75) is 38.8 Å². The standard InChI is InChI=1S/C22H27N3O/c1-17(2)25-16-22(20(25)18-6-4-3-5-7-18)10-14-24(15-11-22)21(26)19-8-12-23-13-9-19/h3-9,12-13,17,20H,10-11,14-16H2,1-2H3. The Balaban J connectivity index is 1.50. The molecule has 136 valence electrons. The van der Waals surface area contributed by atoms with Crippen LogP contribution in [0, 0.1) is 5.41 Å². The first kappa shape index (κ1) is 17.2. The van der Waals surface area contributed by atoms with Crippen molar-refractivity contribution in [3.63, 3.8) is 0 Å². The van der Waals surface area contributed by atoms with Gasteiger partial charge in [-0.1, -0.05) is 30.3 Å². The largest absolute Gasteiger partial charge is 0.339 e. The zero-order valence-electron chi connectivity index (χ0n) is 15.6. The Morgan fingerprint density at radius 1 is 1.08 bits per heavy atom. The topological polar surface area (TPSA) is 36.4 Å². The summed E-state index contributed by atoms with van der Waals surface area (Å²) < 4.78 is 0. The van der Waals surface area contributed by atoms with E-state index in [0.29, 0.717) is 17.5 Å². The van der Waals surface area contributed by atoms with E-state index in [1.165, 1.54) is 5.56 Å². The lowest BCUT2D eigenvalue weighted by atomic mass is 9.62. The predicted octanol–water partition coefficient (Wildman–Crippen LogP) is 3.77. The number of piperidine rings is 1. The zero-order chi connectivity index (χ0) is 18.1. The molecule has 0 saturated carbocycles. The highest BCUT2D eigenvalue weighted by Crippen LogP contribution is 2.55. The molecule has 2 aliphatic rings. The minimum atomic E-state index is 0.138. The lowest BCUT2D eigenvalue weighted by Gasteiger charge is -2.62. The van der Waals surface area contributed by atoms with E-state index < -0.39 is 0 Å². The smallest absolute Gasteiger partial charge is 0.253 e. The van der Waals surface area contributed by atoms with Crippen molar-refractivity contribution in [1.82, 2.24) is 14.8 Å². The van der Waals surface area contributed by atoms with Gasteiger partial charge < -0.3 is 4.90 Å². The van der Waals surface area contributed by atoms with Crippen LogP contribution in [0.3, 0.4) is 0 Å². The molecule has 2 fully saturated rings. The summed E-state index contributed by atoms with van der Waals surface area (Å²) in [5.74, 6) is 0.138. The van der Waals surface area contributed by atoms with Gasteiger partial charge in [0.2, 0.25) is 0 Å². The van der Waals surface area contributed by atoms with Gasteiger partial charge in [-0.25, -0.2) is 0 Å². The van der Waals surface area contributed by atoms with Crippen molar-refractivity contribution in [2.24, 2.45) is 5.41 Å². The Morgan fingerprint density at radius 2 is 1.73 bits per heavy atom. The maximum absolute atomic E-state index is 12.7. The third-order valence-corrected chi connectivity index (χ3v) is 6.16. The number of likely N-dealkylation sites (tertiary alicyclic amines) is 2. The van der Waals surface area contributed by atoms with E-state index in [-0.39, 0.29) is 5.91 Å². The number of carbonyl (C=O) groups excluding carboxylic acids is 1. The van der Waals surface area contributed by atoms with Crippen LogP contribution in [0.2, 0.25) is 0 Å². The highest BCUT2D eigenvalue weighted by molar-refractivity contribution is 5.94. The maximum Gasteiger partial charge on any atom is 0.253 e. The van der Waals surface area contributed by atoms with Gasteiger partial charge in [0.25, 0.3) is 5.91 Å². The molecule has 4 heteroatoms. The summed E-state index contributed by atoms with van der Waals surface area (Å²) in [7, 11) is 0. The van der Waals surface area contributed by atoms with Crippen molar-refractivity contribution in [3.05, 3.63) is 66.0 Å². The number of carbonyl (C=O) groups is 1. The van der Waals surface area contributed by atoms with Crippen LogP contribution < -0.4 is 0 Å². The molecule has 0 aliphatic carbocycles. The number of amides is 1. The SMILES string of the molecule is CC(C)N1CC2(CCN(C(=O)c3ccncc3)CC2)C1c1ccccc1. The Kier molecular flexibility index (Phi) is 4.53. The molecule has 0 bridgehead atoms. The van der Waals surface area contributed by atoms with Gasteiger partial charge in [-0.05, 0) is 44.4 Å². The molecule has 1 atom stereocenters. The summed E-state index contributed by atoms with van der Waals surface area (Å²) in [4.78, 5) is 21.4. The second-order valence-corrected chi connectivity index (χ2v) is 7.97. The van der Waals surface area contributed by atoms with E-state index in [1.54, 1.807) is 12.4 Å². The number of benzene rings is 1. The molecule has 1 aromatic carbocycles. The zero-order valence-corrected chi connectivity index (χ0v) is 15.6. The van der Waals surface area contributed by atoms with E-state index >= 15 is 0 Å². The van der Waals surface area contributed by atoms with Crippen LogP contribution >= 0.6 is 0 Å². The normalized spacial score (nSPS) is 22.4. The van der Waals surface area contributed by atoms with Gasteiger partial charge >= 0.3 is 0 Å². The van der Waals surface area contributed by atoms with E-state index in [0.717, 1.165) is 38.0 Å². The van der Waals surface area contributed by atoms with Crippen LogP contribution in [-0.4, -0.2) is 46.4 Å². The number of rotatable bonds is 3. The Hall–Kier alpha value is -2.20. The second-order valence-electron chi connectivity index (χ2n) is 7.97. The number of nitrogens with zero attached hydrogens (tertiary/aromatic N) is 3. The molecule has 2 aromatic rings. The highest BCUT2D eigenvalue weighted by Gasteiger charge is 2.54. The van der Waals surface area contributed by atoms with Gasteiger partial charge in [-0.15, -0.1) is 0 Å². The van der Waals surface area contributed by atoms with E-state index in [9.17, 15) is 4.79 Å². The molecule has 4 rings (SSSR count). The van der Waals surface area contributed by atoms with Crippen LogP contribution in [-0.2, 0) is 0 Å². The van der Waals surface area contributed by atoms with E-state index in [1.807, 2.05) is 17.0 Å². The van der Waals surface area contributed by atoms with Gasteiger partial charge in [-0.3, -0.25) is 14.7 Å². The second kappa shape index (κ2) is 6.84.